The second-order valence-electron chi connectivity index (χ2n) is 7.05. The molecule has 1 atom stereocenters. The second kappa shape index (κ2) is 7.68. The Balaban J connectivity index is 1.34. The van der Waals surface area contributed by atoms with Crippen molar-refractivity contribution >= 4 is 16.8 Å². The highest BCUT2D eigenvalue weighted by molar-refractivity contribution is 5.79. The summed E-state index contributed by atoms with van der Waals surface area (Å²) in [4.78, 5) is 19.2. The predicted molar refractivity (Wildman–Crippen MR) is 102 cm³/mol. The Labute approximate surface area is 153 Å². The maximum atomic E-state index is 12.7. The summed E-state index contributed by atoms with van der Waals surface area (Å²) in [6, 6.07) is 14.2. The topological polar surface area (TPSA) is 51.0 Å². The van der Waals surface area contributed by atoms with E-state index < -0.39 is 0 Å². The molecule has 1 unspecified atom stereocenters. The smallest absolute Gasteiger partial charge is 0.224 e. The molecule has 26 heavy (non-hydrogen) atoms. The molecule has 1 aromatic carbocycles. The third-order valence-electron chi connectivity index (χ3n) is 5.18. The minimum Gasteiger partial charge on any atom is -0.342 e. The fourth-order valence-corrected chi connectivity index (χ4v) is 3.84. The zero-order valence-electron chi connectivity index (χ0n) is 14.9. The molecule has 1 aliphatic rings. The van der Waals surface area contributed by atoms with Gasteiger partial charge < -0.3 is 4.90 Å². The van der Waals surface area contributed by atoms with Crippen molar-refractivity contribution in [2.24, 2.45) is 5.92 Å². The summed E-state index contributed by atoms with van der Waals surface area (Å²) < 4.78 is 1.93. The average molecular weight is 348 g/mol. The van der Waals surface area contributed by atoms with E-state index in [4.69, 9.17) is 0 Å². The Bertz CT molecular complexity index is 874. The van der Waals surface area contributed by atoms with Crippen LogP contribution in [0.15, 0.2) is 54.9 Å². The molecule has 1 fully saturated rings. The number of piperidine rings is 1. The van der Waals surface area contributed by atoms with E-state index in [2.05, 4.69) is 22.2 Å². The molecule has 4 rings (SSSR count). The molecule has 5 heteroatoms. The lowest BCUT2D eigenvalue weighted by Gasteiger charge is -2.32. The molecular weight excluding hydrogens is 324 g/mol. The highest BCUT2D eigenvalue weighted by Gasteiger charge is 2.24. The number of amides is 1. The number of nitrogens with zero attached hydrogens (tertiary/aromatic N) is 4. The van der Waals surface area contributed by atoms with E-state index >= 15 is 0 Å². The van der Waals surface area contributed by atoms with Gasteiger partial charge in [-0.2, -0.15) is 5.10 Å². The van der Waals surface area contributed by atoms with Crippen LogP contribution in [0.4, 0.5) is 0 Å². The van der Waals surface area contributed by atoms with Crippen molar-refractivity contribution in [2.75, 3.05) is 13.1 Å². The number of rotatable bonds is 5. The van der Waals surface area contributed by atoms with Gasteiger partial charge in [-0.3, -0.25) is 14.5 Å². The SMILES string of the molecule is O=C(CCn1ncc2ccccc21)N1CCCC(Cc2ccccn2)C1. The lowest BCUT2D eigenvalue weighted by atomic mass is 9.93. The number of fused-ring (bicyclic) bond motifs is 1. The number of pyridine rings is 1. The first kappa shape index (κ1) is 16.8. The summed E-state index contributed by atoms with van der Waals surface area (Å²) in [6.45, 7) is 2.35. The van der Waals surface area contributed by atoms with Crippen molar-refractivity contribution in [1.29, 1.82) is 0 Å². The summed E-state index contributed by atoms with van der Waals surface area (Å²) in [6.07, 6.45) is 7.41. The zero-order valence-corrected chi connectivity index (χ0v) is 14.9. The lowest BCUT2D eigenvalue weighted by molar-refractivity contribution is -0.133. The maximum Gasteiger partial charge on any atom is 0.224 e. The van der Waals surface area contributed by atoms with Crippen molar-refractivity contribution in [3.63, 3.8) is 0 Å². The molecule has 3 heterocycles. The number of aromatic nitrogens is 3. The van der Waals surface area contributed by atoms with Crippen LogP contribution in [-0.2, 0) is 17.8 Å². The third kappa shape index (κ3) is 3.77. The molecule has 0 radical (unpaired) electrons. The summed E-state index contributed by atoms with van der Waals surface area (Å²) in [5, 5.41) is 5.54. The van der Waals surface area contributed by atoms with Crippen LogP contribution >= 0.6 is 0 Å². The van der Waals surface area contributed by atoms with E-state index in [9.17, 15) is 4.79 Å². The van der Waals surface area contributed by atoms with Crippen molar-refractivity contribution in [2.45, 2.75) is 32.2 Å². The Morgan fingerprint density at radius 2 is 2.04 bits per heavy atom. The predicted octanol–water partition coefficient (Wildman–Crippen LogP) is 3.30. The van der Waals surface area contributed by atoms with E-state index in [0.29, 0.717) is 18.9 Å². The van der Waals surface area contributed by atoms with Crippen LogP contribution in [0.3, 0.4) is 0 Å². The van der Waals surface area contributed by atoms with E-state index in [0.717, 1.165) is 42.5 Å². The molecule has 3 aromatic rings. The normalized spacial score (nSPS) is 17.5. The van der Waals surface area contributed by atoms with Gasteiger partial charge in [-0.25, -0.2) is 0 Å². The minimum absolute atomic E-state index is 0.232. The summed E-state index contributed by atoms with van der Waals surface area (Å²) >= 11 is 0. The standard InChI is InChI=1S/C21H24N4O/c26-21(10-13-25-20-9-2-1-7-18(20)15-23-25)24-12-5-6-17(16-24)14-19-8-3-4-11-22-19/h1-4,7-9,11,15,17H,5-6,10,12-14,16H2. The Morgan fingerprint density at radius 1 is 1.15 bits per heavy atom. The largest absolute Gasteiger partial charge is 0.342 e. The Hall–Kier alpha value is -2.69. The van der Waals surface area contributed by atoms with Gasteiger partial charge in [0.15, 0.2) is 0 Å². The van der Waals surface area contributed by atoms with Gasteiger partial charge in [0, 0.05) is 36.8 Å². The number of para-hydroxylation sites is 1. The van der Waals surface area contributed by atoms with Gasteiger partial charge in [0.25, 0.3) is 0 Å². The quantitative estimate of drug-likeness (QED) is 0.711. The summed E-state index contributed by atoms with van der Waals surface area (Å²) in [7, 11) is 0. The number of likely N-dealkylation sites (tertiary alicyclic amines) is 1. The molecule has 0 bridgehead atoms. The monoisotopic (exact) mass is 348 g/mol. The van der Waals surface area contributed by atoms with Crippen LogP contribution in [-0.4, -0.2) is 38.7 Å². The molecule has 0 aliphatic carbocycles. The first-order valence-corrected chi connectivity index (χ1v) is 9.38. The van der Waals surface area contributed by atoms with Gasteiger partial charge in [0.05, 0.1) is 18.3 Å². The number of benzene rings is 1. The van der Waals surface area contributed by atoms with Crippen molar-refractivity contribution in [3.05, 3.63) is 60.6 Å². The highest BCUT2D eigenvalue weighted by Crippen LogP contribution is 2.21. The number of carbonyl (C=O) groups is 1. The van der Waals surface area contributed by atoms with Crippen LogP contribution in [0, 0.1) is 5.92 Å². The van der Waals surface area contributed by atoms with E-state index in [1.807, 2.05) is 52.3 Å². The number of aryl methyl sites for hydroxylation is 1. The number of hydrogen-bond acceptors (Lipinski definition) is 3. The molecule has 5 nitrogen and oxygen atoms in total. The van der Waals surface area contributed by atoms with Crippen LogP contribution in [0.1, 0.15) is 25.0 Å². The third-order valence-corrected chi connectivity index (χ3v) is 5.18. The zero-order chi connectivity index (χ0) is 17.8. The Morgan fingerprint density at radius 3 is 2.92 bits per heavy atom. The van der Waals surface area contributed by atoms with Gasteiger partial charge in [-0.05, 0) is 43.4 Å². The number of hydrogen-bond donors (Lipinski definition) is 0. The van der Waals surface area contributed by atoms with Gasteiger partial charge in [-0.1, -0.05) is 24.3 Å². The summed E-state index contributed by atoms with van der Waals surface area (Å²) in [5.41, 5.74) is 2.21. The van der Waals surface area contributed by atoms with Crippen molar-refractivity contribution < 1.29 is 4.79 Å². The minimum atomic E-state index is 0.232. The van der Waals surface area contributed by atoms with E-state index in [1.54, 1.807) is 0 Å². The molecule has 0 N–H and O–H groups in total. The molecule has 1 saturated heterocycles. The average Bonchev–Trinajstić information content (AvgIpc) is 3.10. The van der Waals surface area contributed by atoms with Crippen LogP contribution < -0.4 is 0 Å². The first-order chi connectivity index (χ1) is 12.8. The Kier molecular flexibility index (Phi) is 4.95. The molecular formula is C21H24N4O. The highest BCUT2D eigenvalue weighted by atomic mass is 16.2. The van der Waals surface area contributed by atoms with Crippen molar-refractivity contribution in [1.82, 2.24) is 19.7 Å². The van der Waals surface area contributed by atoms with Gasteiger partial charge >= 0.3 is 0 Å². The van der Waals surface area contributed by atoms with E-state index in [-0.39, 0.29) is 5.91 Å². The van der Waals surface area contributed by atoms with Crippen molar-refractivity contribution in [3.8, 4) is 0 Å². The first-order valence-electron chi connectivity index (χ1n) is 9.38. The van der Waals surface area contributed by atoms with Gasteiger partial charge in [0.2, 0.25) is 5.91 Å². The van der Waals surface area contributed by atoms with E-state index in [1.165, 1.54) is 6.42 Å². The fourth-order valence-electron chi connectivity index (χ4n) is 3.84. The molecule has 1 amide bonds. The lowest BCUT2D eigenvalue weighted by Crippen LogP contribution is -2.40. The molecule has 0 spiro atoms. The second-order valence-corrected chi connectivity index (χ2v) is 7.05. The fraction of sp³-hybridized carbons (Fsp3) is 0.381. The van der Waals surface area contributed by atoms with Gasteiger partial charge in [0.1, 0.15) is 0 Å². The molecule has 0 saturated carbocycles. The van der Waals surface area contributed by atoms with Crippen LogP contribution in [0.2, 0.25) is 0 Å². The van der Waals surface area contributed by atoms with Gasteiger partial charge in [-0.15, -0.1) is 0 Å². The summed E-state index contributed by atoms with van der Waals surface area (Å²) in [5.74, 6) is 0.739. The van der Waals surface area contributed by atoms with Crippen LogP contribution in [0.25, 0.3) is 10.9 Å². The molecule has 2 aromatic heterocycles. The van der Waals surface area contributed by atoms with Crippen LogP contribution in [0.5, 0.6) is 0 Å². The number of carbonyl (C=O) groups excluding carboxylic acids is 1. The molecule has 1 aliphatic heterocycles. The maximum absolute atomic E-state index is 12.7. The molecule has 134 valence electrons.